The van der Waals surface area contributed by atoms with Gasteiger partial charge in [-0.25, -0.2) is 9.78 Å². The van der Waals surface area contributed by atoms with E-state index in [1.165, 1.54) is 11.3 Å². The van der Waals surface area contributed by atoms with Gasteiger partial charge in [0.25, 0.3) is 0 Å². The van der Waals surface area contributed by atoms with Crippen LogP contribution in [0, 0.1) is 0 Å². The van der Waals surface area contributed by atoms with Crippen LogP contribution in [0.5, 0.6) is 0 Å². The number of aromatic nitrogens is 4. The quantitative estimate of drug-likeness (QED) is 0.296. The second kappa shape index (κ2) is 11.2. The van der Waals surface area contributed by atoms with Gasteiger partial charge in [0, 0.05) is 11.6 Å². The lowest BCUT2D eigenvalue weighted by Crippen LogP contribution is -2.51. The number of thiazole rings is 1. The molecule has 0 saturated carbocycles. The van der Waals surface area contributed by atoms with Gasteiger partial charge in [-0.1, -0.05) is 36.4 Å². The van der Waals surface area contributed by atoms with Gasteiger partial charge in [0.05, 0.1) is 24.4 Å². The Morgan fingerprint density at radius 1 is 1.11 bits per heavy atom. The maximum atomic E-state index is 12.8. The van der Waals surface area contributed by atoms with Gasteiger partial charge in [-0.15, -0.1) is 21.5 Å². The van der Waals surface area contributed by atoms with Crippen LogP contribution < -0.4 is 16.4 Å². The van der Waals surface area contributed by atoms with Crippen molar-refractivity contribution in [1.82, 2.24) is 24.9 Å². The molecule has 0 radical (unpaired) electrons. The zero-order valence-electron chi connectivity index (χ0n) is 19.9. The highest BCUT2D eigenvalue weighted by Gasteiger charge is 2.28. The summed E-state index contributed by atoms with van der Waals surface area (Å²) >= 11 is 1.28. The number of nitrogens with two attached hydrogens (primary N) is 1. The van der Waals surface area contributed by atoms with Crippen LogP contribution in [0.2, 0.25) is 0 Å². The summed E-state index contributed by atoms with van der Waals surface area (Å²) < 4.78 is 13.0. The Morgan fingerprint density at radius 3 is 2.64 bits per heavy atom. The molecule has 36 heavy (non-hydrogen) atoms. The van der Waals surface area contributed by atoms with E-state index in [2.05, 4.69) is 25.8 Å². The van der Waals surface area contributed by atoms with E-state index in [-0.39, 0.29) is 19.1 Å². The normalized spacial score (nSPS) is 12.3. The van der Waals surface area contributed by atoms with Crippen molar-refractivity contribution in [2.45, 2.75) is 38.6 Å². The van der Waals surface area contributed by atoms with Crippen molar-refractivity contribution in [2.75, 3.05) is 11.9 Å². The third-order valence-electron chi connectivity index (χ3n) is 5.12. The first-order valence-electron chi connectivity index (χ1n) is 11.2. The van der Waals surface area contributed by atoms with Crippen LogP contribution in [0.3, 0.4) is 0 Å². The molecular weight excluding hydrogens is 482 g/mol. The van der Waals surface area contributed by atoms with Gasteiger partial charge in [0.2, 0.25) is 5.91 Å². The van der Waals surface area contributed by atoms with Gasteiger partial charge in [0.15, 0.2) is 16.6 Å². The summed E-state index contributed by atoms with van der Waals surface area (Å²) in [6.45, 7) is 3.65. The molecule has 2 amide bonds. The molecule has 0 aliphatic carbocycles. The number of rotatable bonds is 10. The number of pyridine rings is 1. The Hall–Kier alpha value is -3.87. The average molecular weight is 510 g/mol. The fourth-order valence-electron chi connectivity index (χ4n) is 3.31. The highest BCUT2D eigenvalue weighted by Crippen LogP contribution is 2.19. The fraction of sp³-hybridized carbons (Fsp3) is 0.292. The van der Waals surface area contributed by atoms with Crippen LogP contribution in [0.1, 0.15) is 37.0 Å². The van der Waals surface area contributed by atoms with Crippen molar-refractivity contribution >= 4 is 34.1 Å². The van der Waals surface area contributed by atoms with Crippen LogP contribution in [-0.4, -0.2) is 43.7 Å². The van der Waals surface area contributed by atoms with Crippen molar-refractivity contribution in [3.63, 3.8) is 0 Å². The van der Waals surface area contributed by atoms with E-state index in [4.69, 9.17) is 15.2 Å². The van der Waals surface area contributed by atoms with Crippen LogP contribution in [0.25, 0.3) is 5.65 Å². The molecule has 1 aromatic carbocycles. The molecule has 0 aliphatic rings. The maximum absolute atomic E-state index is 12.8. The summed E-state index contributed by atoms with van der Waals surface area (Å²) in [7, 11) is 0. The van der Waals surface area contributed by atoms with Crippen molar-refractivity contribution in [1.29, 1.82) is 0 Å². The van der Waals surface area contributed by atoms with E-state index in [0.29, 0.717) is 28.9 Å². The lowest BCUT2D eigenvalue weighted by Gasteiger charge is -2.24. The minimum Gasteiger partial charge on any atom is -0.443 e. The van der Waals surface area contributed by atoms with Crippen LogP contribution in [0.4, 0.5) is 9.93 Å². The molecule has 1 atom stereocenters. The van der Waals surface area contributed by atoms with Crippen molar-refractivity contribution in [2.24, 2.45) is 5.73 Å². The number of hydrogen-bond acceptors (Lipinski definition) is 9. The zero-order valence-corrected chi connectivity index (χ0v) is 20.7. The summed E-state index contributed by atoms with van der Waals surface area (Å²) in [5.74, 6) is 0.0549. The Morgan fingerprint density at radius 2 is 1.92 bits per heavy atom. The maximum Gasteiger partial charge on any atom is 0.413 e. The third kappa shape index (κ3) is 6.42. The molecular formula is C24H27N7O4S. The van der Waals surface area contributed by atoms with E-state index in [1.807, 2.05) is 30.3 Å². The van der Waals surface area contributed by atoms with E-state index in [0.717, 1.165) is 5.56 Å². The molecule has 3 aromatic heterocycles. The molecule has 0 saturated heterocycles. The second-order valence-corrected chi connectivity index (χ2v) is 9.45. The lowest BCUT2D eigenvalue weighted by molar-refractivity contribution is -0.126. The minimum atomic E-state index is -1.11. The molecule has 0 unspecified atom stereocenters. The zero-order chi connectivity index (χ0) is 25.5. The first-order chi connectivity index (χ1) is 17.3. The number of benzene rings is 1. The van der Waals surface area contributed by atoms with Crippen molar-refractivity contribution in [3.8, 4) is 0 Å². The highest BCUT2D eigenvalue weighted by atomic mass is 32.1. The number of amides is 2. The number of nitrogens with zero attached hydrogens (tertiary/aromatic N) is 4. The lowest BCUT2D eigenvalue weighted by atomic mass is 10.1. The smallest absolute Gasteiger partial charge is 0.413 e. The highest BCUT2D eigenvalue weighted by molar-refractivity contribution is 7.13. The van der Waals surface area contributed by atoms with Crippen LogP contribution in [-0.2, 0) is 27.5 Å². The van der Waals surface area contributed by atoms with Gasteiger partial charge in [-0.05, 0) is 31.5 Å². The molecule has 3 heterocycles. The number of carbonyl (C=O) groups excluding carboxylic acids is 2. The molecule has 4 N–H and O–H groups in total. The Kier molecular flexibility index (Phi) is 7.88. The summed E-state index contributed by atoms with van der Waals surface area (Å²) in [6.07, 6.45) is 0.944. The molecule has 188 valence electrons. The third-order valence-corrected chi connectivity index (χ3v) is 5.81. The first-order valence-corrected chi connectivity index (χ1v) is 12.1. The summed E-state index contributed by atoms with van der Waals surface area (Å²) in [6, 6.07) is 14.4. The number of ether oxygens (including phenoxy) is 2. The monoisotopic (exact) mass is 509 g/mol. The van der Waals surface area contributed by atoms with E-state index in [9.17, 15) is 9.59 Å². The van der Waals surface area contributed by atoms with Crippen molar-refractivity contribution < 1.29 is 19.1 Å². The van der Waals surface area contributed by atoms with Gasteiger partial charge in [-0.2, -0.15) is 0 Å². The number of nitrogens with one attached hydrogen (secondary N) is 2. The Labute approximate surface area is 211 Å². The fourth-order valence-corrected chi connectivity index (χ4v) is 3.83. The number of anilines is 1. The second-order valence-electron chi connectivity index (χ2n) is 8.56. The standard InChI is InChI=1S/C24H27N7O4S/c1-24(2,25)21(32)27-18(15-34-13-16-7-4-3-5-8-16)20-30-29-19-10-6-9-17(31(19)20)14-35-23(33)28-22-26-11-12-36-22/h3-12,18H,13-15,25H2,1-2H3,(H,27,32)(H,26,28,33)/t18-/m1/s1. The largest absolute Gasteiger partial charge is 0.443 e. The molecule has 0 aliphatic heterocycles. The Bertz CT molecular complexity index is 1300. The molecule has 4 rings (SSSR count). The van der Waals surface area contributed by atoms with Gasteiger partial charge in [-0.3, -0.25) is 14.5 Å². The van der Waals surface area contributed by atoms with Crippen molar-refractivity contribution in [3.05, 3.63) is 77.2 Å². The Balaban J connectivity index is 1.55. The van der Waals surface area contributed by atoms with E-state index >= 15 is 0 Å². The topological polar surface area (TPSA) is 146 Å². The number of fused-ring (bicyclic) bond motifs is 1. The molecule has 0 spiro atoms. The first kappa shape index (κ1) is 25.2. The predicted octanol–water partition coefficient (Wildman–Crippen LogP) is 3.05. The predicted molar refractivity (Wildman–Crippen MR) is 134 cm³/mol. The number of carbonyl (C=O) groups is 2. The SMILES string of the molecule is CC(C)(N)C(=O)N[C@H](COCc1ccccc1)c1nnc2cccc(COC(=O)Nc3nccs3)n12. The van der Waals surface area contributed by atoms with E-state index < -0.39 is 17.7 Å². The molecule has 12 heteroatoms. The molecule has 0 bridgehead atoms. The van der Waals surface area contributed by atoms with Gasteiger partial charge >= 0.3 is 6.09 Å². The minimum absolute atomic E-state index is 0.0620. The van der Waals surface area contributed by atoms with Gasteiger partial charge < -0.3 is 20.5 Å². The van der Waals surface area contributed by atoms with Crippen LogP contribution >= 0.6 is 11.3 Å². The molecule has 11 nitrogen and oxygen atoms in total. The average Bonchev–Trinajstić information content (AvgIpc) is 3.52. The summed E-state index contributed by atoms with van der Waals surface area (Å²) in [5, 5.41) is 16.2. The van der Waals surface area contributed by atoms with Gasteiger partial charge in [0.1, 0.15) is 12.6 Å². The van der Waals surface area contributed by atoms with E-state index in [1.54, 1.807) is 48.0 Å². The molecule has 0 fully saturated rings. The molecule has 4 aromatic rings. The number of hydrogen-bond donors (Lipinski definition) is 3. The van der Waals surface area contributed by atoms with Crippen LogP contribution in [0.15, 0.2) is 60.1 Å². The summed E-state index contributed by atoms with van der Waals surface area (Å²) in [5.41, 5.74) is 7.03. The summed E-state index contributed by atoms with van der Waals surface area (Å²) in [4.78, 5) is 29.0.